The molecule has 0 aromatic rings. The van der Waals surface area contributed by atoms with Crippen LogP contribution in [-0.2, 0) is 4.74 Å². The fourth-order valence-electron chi connectivity index (χ4n) is 2.45. The number of nitrogens with zero attached hydrogens (tertiary/aromatic N) is 4. The zero-order valence-corrected chi connectivity index (χ0v) is 9.36. The van der Waals surface area contributed by atoms with Gasteiger partial charge in [0.15, 0.2) is 11.7 Å². The summed E-state index contributed by atoms with van der Waals surface area (Å²) in [6, 6.07) is 0.0758. The highest BCUT2D eigenvalue weighted by molar-refractivity contribution is 6.41. The molecule has 17 heavy (non-hydrogen) atoms. The molecular formula is C10H15N5O2. The predicted octanol–water partition coefficient (Wildman–Crippen LogP) is -1.08. The summed E-state index contributed by atoms with van der Waals surface area (Å²) in [4.78, 5) is 8.26. The van der Waals surface area contributed by atoms with Crippen molar-refractivity contribution in [1.82, 2.24) is 5.01 Å². The van der Waals surface area contributed by atoms with E-state index < -0.39 is 0 Å². The molecule has 0 aromatic heterocycles. The Morgan fingerprint density at radius 1 is 1.53 bits per heavy atom. The maximum atomic E-state index is 9.07. The Bertz CT molecular complexity index is 406. The molecule has 0 spiro atoms. The standard InChI is InChI=1S/C10H15N5O2/c11-9-10-12-3-7(15(10)14-5-13-9)8-2-1-6(4-16)17-8/h5-8,16H,1-4H2,(H2,11,13,14)/t6?,7?,8-/m1/s1. The fourth-order valence-corrected chi connectivity index (χ4v) is 2.45. The van der Waals surface area contributed by atoms with Gasteiger partial charge in [-0.05, 0) is 12.8 Å². The lowest BCUT2D eigenvalue weighted by molar-refractivity contribution is -0.0142. The Kier molecular flexibility index (Phi) is 2.56. The molecule has 92 valence electrons. The van der Waals surface area contributed by atoms with E-state index in [1.54, 1.807) is 5.01 Å². The molecular weight excluding hydrogens is 222 g/mol. The Hall–Kier alpha value is -1.47. The van der Waals surface area contributed by atoms with Gasteiger partial charge in [-0.15, -0.1) is 0 Å². The molecule has 0 aliphatic carbocycles. The van der Waals surface area contributed by atoms with E-state index in [1.165, 1.54) is 6.34 Å². The maximum absolute atomic E-state index is 9.07. The highest BCUT2D eigenvalue weighted by Crippen LogP contribution is 2.28. The van der Waals surface area contributed by atoms with Gasteiger partial charge in [0.2, 0.25) is 0 Å². The molecule has 0 radical (unpaired) electrons. The Labute approximate surface area is 98.7 Å². The quantitative estimate of drug-likeness (QED) is 0.638. The second-order valence-corrected chi connectivity index (χ2v) is 4.38. The third-order valence-electron chi connectivity index (χ3n) is 3.33. The topological polar surface area (TPSA) is 95.8 Å². The van der Waals surface area contributed by atoms with Gasteiger partial charge in [0.05, 0.1) is 25.4 Å². The van der Waals surface area contributed by atoms with Crippen LogP contribution in [0.4, 0.5) is 0 Å². The van der Waals surface area contributed by atoms with Crippen molar-refractivity contribution in [1.29, 1.82) is 0 Å². The average molecular weight is 237 g/mol. The summed E-state index contributed by atoms with van der Waals surface area (Å²) < 4.78 is 5.76. The van der Waals surface area contributed by atoms with Crippen molar-refractivity contribution in [3.8, 4) is 0 Å². The van der Waals surface area contributed by atoms with Gasteiger partial charge in [-0.3, -0.25) is 4.99 Å². The lowest BCUT2D eigenvalue weighted by Crippen LogP contribution is -2.46. The number of aliphatic hydroxyl groups excluding tert-OH is 1. The van der Waals surface area contributed by atoms with Crippen LogP contribution in [-0.4, -0.2) is 59.5 Å². The molecule has 0 aromatic carbocycles. The molecule has 0 amide bonds. The van der Waals surface area contributed by atoms with E-state index in [-0.39, 0.29) is 24.9 Å². The summed E-state index contributed by atoms with van der Waals surface area (Å²) in [6.07, 6.45) is 3.24. The van der Waals surface area contributed by atoms with E-state index in [0.29, 0.717) is 18.2 Å². The van der Waals surface area contributed by atoms with E-state index in [2.05, 4.69) is 15.1 Å². The number of ether oxygens (including phenoxy) is 1. The van der Waals surface area contributed by atoms with Gasteiger partial charge in [0.1, 0.15) is 12.4 Å². The highest BCUT2D eigenvalue weighted by Gasteiger charge is 2.40. The predicted molar refractivity (Wildman–Crippen MR) is 63.0 cm³/mol. The van der Waals surface area contributed by atoms with Crippen molar-refractivity contribution in [2.75, 3.05) is 13.2 Å². The first-order chi connectivity index (χ1) is 8.29. The highest BCUT2D eigenvalue weighted by atomic mass is 16.5. The molecule has 0 bridgehead atoms. The normalized spacial score (nSPS) is 35.8. The minimum absolute atomic E-state index is 0.0520. The zero-order chi connectivity index (χ0) is 11.8. The lowest BCUT2D eigenvalue weighted by atomic mass is 10.1. The van der Waals surface area contributed by atoms with Crippen molar-refractivity contribution >= 4 is 18.0 Å². The van der Waals surface area contributed by atoms with Gasteiger partial charge >= 0.3 is 0 Å². The van der Waals surface area contributed by atoms with Crippen LogP contribution in [0.3, 0.4) is 0 Å². The molecule has 7 heteroatoms. The summed E-state index contributed by atoms with van der Waals surface area (Å²) in [5, 5.41) is 15.0. The number of nitrogens with two attached hydrogens (primary N) is 1. The number of hydrogen-bond donors (Lipinski definition) is 2. The van der Waals surface area contributed by atoms with Crippen LogP contribution in [0.15, 0.2) is 15.1 Å². The van der Waals surface area contributed by atoms with E-state index in [4.69, 9.17) is 15.6 Å². The van der Waals surface area contributed by atoms with Crippen LogP contribution in [0, 0.1) is 0 Å². The molecule has 3 rings (SSSR count). The summed E-state index contributed by atoms with van der Waals surface area (Å²) in [6.45, 7) is 0.690. The van der Waals surface area contributed by atoms with Crippen molar-refractivity contribution in [3.63, 3.8) is 0 Å². The number of hydrogen-bond acceptors (Lipinski definition) is 7. The molecule has 1 fully saturated rings. The SMILES string of the molecule is NC1=NC=NN2C1=NCC2[C@H]1CCC(CO)O1. The Morgan fingerprint density at radius 3 is 3.18 bits per heavy atom. The van der Waals surface area contributed by atoms with E-state index in [0.717, 1.165) is 12.8 Å². The molecule has 3 N–H and O–H groups in total. The molecule has 3 atom stereocenters. The van der Waals surface area contributed by atoms with Gasteiger partial charge in [-0.2, -0.15) is 5.10 Å². The van der Waals surface area contributed by atoms with Crippen LogP contribution < -0.4 is 5.73 Å². The fraction of sp³-hybridized carbons (Fsp3) is 0.700. The molecule has 3 aliphatic rings. The van der Waals surface area contributed by atoms with Crippen molar-refractivity contribution in [2.24, 2.45) is 20.8 Å². The van der Waals surface area contributed by atoms with Crippen LogP contribution >= 0.6 is 0 Å². The minimum Gasteiger partial charge on any atom is -0.394 e. The largest absolute Gasteiger partial charge is 0.394 e. The van der Waals surface area contributed by atoms with Gasteiger partial charge in [0.25, 0.3) is 0 Å². The van der Waals surface area contributed by atoms with Gasteiger partial charge < -0.3 is 15.6 Å². The van der Waals surface area contributed by atoms with E-state index in [9.17, 15) is 0 Å². The monoisotopic (exact) mass is 237 g/mol. The van der Waals surface area contributed by atoms with E-state index >= 15 is 0 Å². The number of fused-ring (bicyclic) bond motifs is 1. The zero-order valence-electron chi connectivity index (χ0n) is 9.36. The number of aliphatic imine (C=N–C) groups is 2. The number of aliphatic hydroxyl groups is 1. The summed E-state index contributed by atoms with van der Waals surface area (Å²) in [5.74, 6) is 1.03. The molecule has 7 nitrogen and oxygen atoms in total. The average Bonchev–Trinajstić information content (AvgIpc) is 2.94. The lowest BCUT2D eigenvalue weighted by Gasteiger charge is -2.28. The summed E-state index contributed by atoms with van der Waals surface area (Å²) >= 11 is 0. The van der Waals surface area contributed by atoms with Crippen molar-refractivity contribution < 1.29 is 9.84 Å². The summed E-state index contributed by atoms with van der Waals surface area (Å²) in [5.41, 5.74) is 5.74. The third-order valence-corrected chi connectivity index (χ3v) is 3.33. The number of amidine groups is 2. The number of hydrazone groups is 1. The second kappa shape index (κ2) is 4.08. The number of rotatable bonds is 2. The molecule has 1 saturated heterocycles. The first-order valence-electron chi connectivity index (χ1n) is 5.75. The van der Waals surface area contributed by atoms with Crippen LogP contribution in [0.1, 0.15) is 12.8 Å². The first kappa shape index (κ1) is 10.7. The van der Waals surface area contributed by atoms with Gasteiger partial charge in [-0.25, -0.2) is 10.0 Å². The Balaban J connectivity index is 1.72. The molecule has 2 unspecified atom stereocenters. The summed E-state index contributed by atoms with van der Waals surface area (Å²) in [7, 11) is 0. The van der Waals surface area contributed by atoms with Gasteiger partial charge in [-0.1, -0.05) is 0 Å². The maximum Gasteiger partial charge on any atom is 0.188 e. The van der Waals surface area contributed by atoms with Gasteiger partial charge in [0, 0.05) is 0 Å². The minimum atomic E-state index is -0.0520. The van der Waals surface area contributed by atoms with Crippen LogP contribution in [0.5, 0.6) is 0 Å². The third kappa shape index (κ3) is 1.71. The second-order valence-electron chi connectivity index (χ2n) is 4.38. The Morgan fingerprint density at radius 2 is 2.41 bits per heavy atom. The van der Waals surface area contributed by atoms with Crippen molar-refractivity contribution in [2.45, 2.75) is 31.1 Å². The van der Waals surface area contributed by atoms with Crippen LogP contribution in [0.25, 0.3) is 0 Å². The molecule has 3 heterocycles. The molecule has 3 aliphatic heterocycles. The smallest absolute Gasteiger partial charge is 0.188 e. The van der Waals surface area contributed by atoms with Crippen LogP contribution in [0.2, 0.25) is 0 Å². The molecule has 0 saturated carbocycles. The van der Waals surface area contributed by atoms with Crippen molar-refractivity contribution in [3.05, 3.63) is 0 Å². The first-order valence-corrected chi connectivity index (χ1v) is 5.75. The van der Waals surface area contributed by atoms with E-state index in [1.807, 2.05) is 0 Å².